The van der Waals surface area contributed by atoms with Gasteiger partial charge in [0.25, 0.3) is 0 Å². The Hall–Kier alpha value is -1.91. The Bertz CT molecular complexity index is 825. The molecule has 0 aromatic heterocycles. The van der Waals surface area contributed by atoms with Gasteiger partial charge < -0.3 is 9.47 Å². The molecule has 236 valence electrons. The van der Waals surface area contributed by atoms with Gasteiger partial charge >= 0.3 is 5.96 Å². The number of unbranched alkanes of at least 4 members (excludes halogenated alkanes) is 18. The lowest BCUT2D eigenvalue weighted by atomic mass is 10.1. The first-order valence-electron chi connectivity index (χ1n) is 17.5. The minimum absolute atomic E-state index is 0.759. The lowest BCUT2D eigenvalue weighted by Crippen LogP contribution is -2.40. The molecular formula is C36H66N3O2+. The van der Waals surface area contributed by atoms with E-state index < -0.39 is 0 Å². The number of rotatable bonds is 25. The minimum atomic E-state index is 0.759. The molecule has 0 fully saturated rings. The molecule has 2 rings (SSSR count). The third-order valence-electron chi connectivity index (χ3n) is 8.58. The van der Waals surface area contributed by atoms with E-state index in [9.17, 15) is 0 Å². The molecule has 0 bridgehead atoms. The molecule has 1 aliphatic heterocycles. The summed E-state index contributed by atoms with van der Waals surface area (Å²) in [6, 6.07) is 6.47. The van der Waals surface area contributed by atoms with Crippen LogP contribution in [-0.2, 0) is 0 Å². The second-order valence-electron chi connectivity index (χ2n) is 12.4. The van der Waals surface area contributed by atoms with Crippen LogP contribution >= 0.6 is 0 Å². The van der Waals surface area contributed by atoms with Gasteiger partial charge in [-0.25, -0.2) is 4.90 Å². The van der Waals surface area contributed by atoms with E-state index in [-0.39, 0.29) is 0 Å². The van der Waals surface area contributed by atoms with E-state index >= 15 is 0 Å². The van der Waals surface area contributed by atoms with Crippen molar-refractivity contribution in [3.05, 3.63) is 18.2 Å². The van der Waals surface area contributed by atoms with Crippen LogP contribution in [0.15, 0.2) is 18.2 Å². The van der Waals surface area contributed by atoms with Crippen molar-refractivity contribution in [1.29, 1.82) is 0 Å². The molecule has 0 N–H and O–H groups in total. The number of guanidine groups is 1. The Morgan fingerprint density at radius 3 is 1.54 bits per heavy atom. The van der Waals surface area contributed by atoms with E-state index in [1.165, 1.54) is 122 Å². The number of benzene rings is 1. The zero-order chi connectivity index (χ0) is 29.5. The molecule has 0 saturated carbocycles. The fourth-order valence-electron chi connectivity index (χ4n) is 5.90. The van der Waals surface area contributed by atoms with Gasteiger partial charge in [-0.05, 0) is 25.0 Å². The van der Waals surface area contributed by atoms with Crippen molar-refractivity contribution in [1.82, 2.24) is 4.90 Å². The Morgan fingerprint density at radius 2 is 1.10 bits per heavy atom. The van der Waals surface area contributed by atoms with E-state index in [1.807, 2.05) is 0 Å². The summed E-state index contributed by atoms with van der Waals surface area (Å²) in [5.74, 6) is 3.01. The topological polar surface area (TPSA) is 27.9 Å². The third kappa shape index (κ3) is 14.7. The second kappa shape index (κ2) is 22.7. The van der Waals surface area contributed by atoms with Gasteiger partial charge in [0.05, 0.1) is 47.4 Å². The van der Waals surface area contributed by atoms with Crippen molar-refractivity contribution < 1.29 is 14.0 Å². The molecule has 1 aromatic rings. The van der Waals surface area contributed by atoms with Crippen LogP contribution in [0.3, 0.4) is 0 Å². The van der Waals surface area contributed by atoms with Crippen molar-refractivity contribution >= 4 is 11.6 Å². The highest BCUT2D eigenvalue weighted by atomic mass is 16.5. The van der Waals surface area contributed by atoms with Gasteiger partial charge in [0.1, 0.15) is 5.69 Å². The molecule has 1 aromatic carbocycles. The SMILES string of the molecule is CCCCCCCCCCCCOc1ccc(N(C)C2=[N+](C)CCN2C)cc1OCCCCCCCCCCCC. The zero-order valence-electron chi connectivity index (χ0n) is 27.9. The summed E-state index contributed by atoms with van der Waals surface area (Å²) in [6.45, 7) is 8.21. The number of anilines is 1. The van der Waals surface area contributed by atoms with Crippen LogP contribution in [0.4, 0.5) is 5.69 Å². The standard InChI is InChI=1S/C36H66N3O2/c1-6-8-10-12-14-16-18-20-22-24-30-40-34-27-26-33(39(5)36-37(3)28-29-38(36)4)32-35(34)41-31-25-23-21-19-17-15-13-11-9-7-2/h26-27,32H,6-25,28-31H2,1-5H3/q+1. The van der Waals surface area contributed by atoms with Gasteiger partial charge in [0, 0.05) is 6.07 Å². The molecule has 1 heterocycles. The molecule has 0 atom stereocenters. The first-order chi connectivity index (χ1) is 20.1. The normalized spacial score (nSPS) is 13.3. The van der Waals surface area contributed by atoms with E-state index in [2.05, 4.69) is 67.6 Å². The van der Waals surface area contributed by atoms with Crippen molar-refractivity contribution in [3.63, 3.8) is 0 Å². The van der Waals surface area contributed by atoms with Crippen molar-refractivity contribution in [2.75, 3.05) is 52.3 Å². The minimum Gasteiger partial charge on any atom is -0.490 e. The van der Waals surface area contributed by atoms with Crippen LogP contribution in [-0.4, -0.2) is 62.9 Å². The van der Waals surface area contributed by atoms with Crippen LogP contribution in [0, 0.1) is 0 Å². The average molecular weight is 573 g/mol. The molecule has 1 aliphatic rings. The van der Waals surface area contributed by atoms with Crippen LogP contribution in [0.5, 0.6) is 11.5 Å². The first-order valence-corrected chi connectivity index (χ1v) is 17.5. The van der Waals surface area contributed by atoms with Gasteiger partial charge in [0.2, 0.25) is 0 Å². The van der Waals surface area contributed by atoms with E-state index in [0.717, 1.165) is 56.3 Å². The Balaban J connectivity index is 1.79. The number of ether oxygens (including phenoxy) is 2. The smallest absolute Gasteiger partial charge is 0.355 e. The van der Waals surface area contributed by atoms with Crippen LogP contribution in [0.1, 0.15) is 142 Å². The van der Waals surface area contributed by atoms with Crippen molar-refractivity contribution in [2.45, 2.75) is 142 Å². The fourth-order valence-corrected chi connectivity index (χ4v) is 5.90. The van der Waals surface area contributed by atoms with Crippen molar-refractivity contribution in [2.24, 2.45) is 0 Å². The van der Waals surface area contributed by atoms with E-state index in [0.29, 0.717) is 0 Å². The van der Waals surface area contributed by atoms with Crippen LogP contribution in [0.25, 0.3) is 0 Å². The van der Waals surface area contributed by atoms with Crippen LogP contribution < -0.4 is 14.4 Å². The summed E-state index contributed by atoms with van der Waals surface area (Å²) >= 11 is 0. The maximum Gasteiger partial charge on any atom is 0.355 e. The largest absolute Gasteiger partial charge is 0.490 e. The molecule has 41 heavy (non-hydrogen) atoms. The average Bonchev–Trinajstić information content (AvgIpc) is 3.31. The molecule has 0 spiro atoms. The number of hydrogen-bond donors (Lipinski definition) is 0. The van der Waals surface area contributed by atoms with E-state index in [1.54, 1.807) is 0 Å². The second-order valence-corrected chi connectivity index (χ2v) is 12.4. The van der Waals surface area contributed by atoms with Gasteiger partial charge in [-0.3, -0.25) is 9.48 Å². The molecule has 5 heteroatoms. The third-order valence-corrected chi connectivity index (χ3v) is 8.58. The van der Waals surface area contributed by atoms with Gasteiger partial charge in [0.15, 0.2) is 11.5 Å². The van der Waals surface area contributed by atoms with Gasteiger partial charge in [-0.15, -0.1) is 0 Å². The molecule has 0 saturated heterocycles. The summed E-state index contributed by atoms with van der Waals surface area (Å²) < 4.78 is 15.0. The highest BCUT2D eigenvalue weighted by Gasteiger charge is 2.29. The highest BCUT2D eigenvalue weighted by molar-refractivity contribution is 5.92. The fraction of sp³-hybridized carbons (Fsp3) is 0.806. The number of likely N-dealkylation sites (N-methyl/N-ethyl adjacent to an activating group) is 2. The maximum atomic E-state index is 6.38. The number of hydrogen-bond acceptors (Lipinski definition) is 4. The molecular weight excluding hydrogens is 506 g/mol. The summed E-state index contributed by atoms with van der Waals surface area (Å²) in [6.07, 6.45) is 26.8. The predicted molar refractivity (Wildman–Crippen MR) is 178 cm³/mol. The zero-order valence-corrected chi connectivity index (χ0v) is 27.9. The summed E-state index contributed by atoms with van der Waals surface area (Å²) in [4.78, 5) is 4.59. The predicted octanol–water partition coefficient (Wildman–Crippen LogP) is 9.67. The Kier molecular flexibility index (Phi) is 19.5. The molecule has 0 amide bonds. The quantitative estimate of drug-likeness (QED) is 0.0861. The summed E-state index contributed by atoms with van der Waals surface area (Å²) in [5.41, 5.74) is 1.14. The van der Waals surface area contributed by atoms with Crippen molar-refractivity contribution in [3.8, 4) is 11.5 Å². The van der Waals surface area contributed by atoms with Gasteiger partial charge in [-0.1, -0.05) is 129 Å². The van der Waals surface area contributed by atoms with Crippen LogP contribution in [0.2, 0.25) is 0 Å². The Morgan fingerprint density at radius 1 is 0.659 bits per heavy atom. The lowest BCUT2D eigenvalue weighted by Gasteiger charge is -2.20. The molecule has 0 unspecified atom stereocenters. The molecule has 0 aliphatic carbocycles. The van der Waals surface area contributed by atoms with E-state index in [4.69, 9.17) is 9.47 Å². The number of nitrogens with zero attached hydrogens (tertiary/aromatic N) is 3. The van der Waals surface area contributed by atoms with Gasteiger partial charge in [-0.2, -0.15) is 0 Å². The Labute approximate surface area is 254 Å². The maximum absolute atomic E-state index is 6.38. The first kappa shape index (κ1) is 35.3. The molecule has 5 nitrogen and oxygen atoms in total. The highest BCUT2D eigenvalue weighted by Crippen LogP contribution is 2.33. The summed E-state index contributed by atoms with van der Waals surface area (Å²) in [7, 11) is 6.49. The summed E-state index contributed by atoms with van der Waals surface area (Å²) in [5, 5.41) is 0. The molecule has 0 radical (unpaired) electrons. The lowest BCUT2D eigenvalue weighted by molar-refractivity contribution is -0.487. The monoisotopic (exact) mass is 573 g/mol.